The van der Waals surface area contributed by atoms with Crippen molar-refractivity contribution in [3.8, 4) is 0 Å². The van der Waals surface area contributed by atoms with Crippen LogP contribution in [-0.4, -0.2) is 5.11 Å². The third-order valence-corrected chi connectivity index (χ3v) is 2.48. The summed E-state index contributed by atoms with van der Waals surface area (Å²) in [5.74, 6) is 0.539. The Bertz CT molecular complexity index is 180. The normalized spacial score (nSPS) is 27.8. The molecule has 0 spiro atoms. The van der Waals surface area contributed by atoms with Gasteiger partial charge in [-0.1, -0.05) is 37.8 Å². The summed E-state index contributed by atoms with van der Waals surface area (Å²) in [4.78, 5) is 0. The quantitative estimate of drug-likeness (QED) is 0.594. The topological polar surface area (TPSA) is 20.2 Å². The van der Waals surface area contributed by atoms with Gasteiger partial charge in [-0.05, 0) is 25.3 Å². The van der Waals surface area contributed by atoms with Crippen LogP contribution in [0.2, 0.25) is 0 Å². The molecule has 1 N–H and O–H groups in total. The van der Waals surface area contributed by atoms with E-state index < -0.39 is 0 Å². The van der Waals surface area contributed by atoms with E-state index in [-0.39, 0.29) is 0 Å². The van der Waals surface area contributed by atoms with Crippen LogP contribution in [0, 0.1) is 0 Å². The van der Waals surface area contributed by atoms with Crippen LogP contribution in [0.15, 0.2) is 24.0 Å². The van der Waals surface area contributed by atoms with Gasteiger partial charge in [0.2, 0.25) is 0 Å². The SMILES string of the molecule is O/C1=C/C=C/CCCCCCCC1. The lowest BCUT2D eigenvalue weighted by Gasteiger charge is -2.02. The van der Waals surface area contributed by atoms with Crippen LogP contribution in [0.1, 0.15) is 51.4 Å². The van der Waals surface area contributed by atoms with Gasteiger partial charge in [0.25, 0.3) is 0 Å². The van der Waals surface area contributed by atoms with Crippen LogP contribution in [-0.2, 0) is 0 Å². The number of aliphatic hydroxyl groups excluding tert-OH is 1. The maximum Gasteiger partial charge on any atom is 0.0922 e. The molecule has 0 aromatic carbocycles. The molecule has 0 amide bonds. The van der Waals surface area contributed by atoms with E-state index in [0.717, 1.165) is 19.3 Å². The molecule has 0 aromatic heterocycles. The lowest BCUT2D eigenvalue weighted by molar-refractivity contribution is 0.380. The van der Waals surface area contributed by atoms with Crippen LogP contribution in [0.25, 0.3) is 0 Å². The largest absolute Gasteiger partial charge is 0.512 e. The van der Waals surface area contributed by atoms with Crippen molar-refractivity contribution >= 4 is 0 Å². The average molecular weight is 180 g/mol. The van der Waals surface area contributed by atoms with Crippen molar-refractivity contribution in [3.63, 3.8) is 0 Å². The van der Waals surface area contributed by atoms with Crippen LogP contribution >= 0.6 is 0 Å². The van der Waals surface area contributed by atoms with Crippen LogP contribution in [0.3, 0.4) is 0 Å². The molecule has 0 unspecified atom stereocenters. The third-order valence-electron chi connectivity index (χ3n) is 2.48. The molecule has 1 heteroatoms. The maximum absolute atomic E-state index is 9.40. The van der Waals surface area contributed by atoms with Crippen LogP contribution < -0.4 is 0 Å². The van der Waals surface area contributed by atoms with Gasteiger partial charge in [-0.25, -0.2) is 0 Å². The molecule has 1 rings (SSSR count). The predicted octanol–water partition coefficient (Wildman–Crippen LogP) is 4.12. The van der Waals surface area contributed by atoms with E-state index in [2.05, 4.69) is 6.08 Å². The molecule has 0 saturated heterocycles. The molecule has 0 aliphatic heterocycles. The van der Waals surface area contributed by atoms with E-state index in [1.165, 1.54) is 32.1 Å². The lowest BCUT2D eigenvalue weighted by atomic mass is 10.1. The highest BCUT2D eigenvalue weighted by molar-refractivity contribution is 5.06. The first kappa shape index (κ1) is 10.4. The monoisotopic (exact) mass is 180 g/mol. The second kappa shape index (κ2) is 6.76. The summed E-state index contributed by atoms with van der Waals surface area (Å²) in [6, 6.07) is 0. The van der Waals surface area contributed by atoms with E-state index >= 15 is 0 Å². The molecule has 0 atom stereocenters. The highest BCUT2D eigenvalue weighted by Crippen LogP contribution is 2.12. The summed E-state index contributed by atoms with van der Waals surface area (Å²) < 4.78 is 0. The van der Waals surface area contributed by atoms with E-state index in [4.69, 9.17) is 0 Å². The summed E-state index contributed by atoms with van der Waals surface area (Å²) in [6.45, 7) is 0. The molecule has 0 fully saturated rings. The summed E-state index contributed by atoms with van der Waals surface area (Å²) in [6.07, 6.45) is 15.7. The molecule has 74 valence electrons. The Hall–Kier alpha value is -0.720. The molecule has 0 aromatic rings. The van der Waals surface area contributed by atoms with Gasteiger partial charge in [-0.15, -0.1) is 0 Å². The van der Waals surface area contributed by atoms with E-state index in [1.807, 2.05) is 12.2 Å². The van der Waals surface area contributed by atoms with Crippen molar-refractivity contribution in [1.29, 1.82) is 0 Å². The fourth-order valence-corrected chi connectivity index (χ4v) is 1.63. The Morgan fingerprint density at radius 2 is 1.62 bits per heavy atom. The fourth-order valence-electron chi connectivity index (χ4n) is 1.63. The first-order chi connectivity index (χ1) is 6.39. The molecular formula is C12H20O. The number of hydrogen-bond acceptors (Lipinski definition) is 1. The summed E-state index contributed by atoms with van der Waals surface area (Å²) in [5, 5.41) is 9.40. The van der Waals surface area contributed by atoms with Gasteiger partial charge in [0.1, 0.15) is 0 Å². The average Bonchev–Trinajstić information content (AvgIpc) is 2.11. The summed E-state index contributed by atoms with van der Waals surface area (Å²) >= 11 is 0. The highest BCUT2D eigenvalue weighted by Gasteiger charge is 1.95. The van der Waals surface area contributed by atoms with Crippen molar-refractivity contribution in [1.82, 2.24) is 0 Å². The van der Waals surface area contributed by atoms with Crippen LogP contribution in [0.4, 0.5) is 0 Å². The maximum atomic E-state index is 9.40. The predicted molar refractivity (Wildman–Crippen MR) is 56.8 cm³/mol. The van der Waals surface area contributed by atoms with E-state index in [0.29, 0.717) is 5.76 Å². The summed E-state index contributed by atoms with van der Waals surface area (Å²) in [7, 11) is 0. The number of aliphatic hydroxyl groups is 1. The minimum absolute atomic E-state index is 0.539. The Labute approximate surface area is 81.2 Å². The third kappa shape index (κ3) is 5.51. The molecular weight excluding hydrogens is 160 g/mol. The van der Waals surface area contributed by atoms with Crippen molar-refractivity contribution in [2.45, 2.75) is 51.4 Å². The van der Waals surface area contributed by atoms with Crippen molar-refractivity contribution in [2.24, 2.45) is 0 Å². The van der Waals surface area contributed by atoms with Crippen molar-refractivity contribution in [3.05, 3.63) is 24.0 Å². The van der Waals surface area contributed by atoms with E-state index in [1.54, 1.807) is 0 Å². The molecule has 1 aliphatic rings. The number of rotatable bonds is 0. The minimum Gasteiger partial charge on any atom is -0.512 e. The van der Waals surface area contributed by atoms with E-state index in [9.17, 15) is 5.11 Å². The van der Waals surface area contributed by atoms with Crippen molar-refractivity contribution in [2.75, 3.05) is 0 Å². The van der Waals surface area contributed by atoms with Gasteiger partial charge in [-0.3, -0.25) is 0 Å². The second-order valence-electron chi connectivity index (χ2n) is 3.75. The van der Waals surface area contributed by atoms with Crippen molar-refractivity contribution < 1.29 is 5.11 Å². The molecule has 0 saturated carbocycles. The van der Waals surface area contributed by atoms with Gasteiger partial charge in [-0.2, -0.15) is 0 Å². The molecule has 1 nitrogen and oxygen atoms in total. The van der Waals surface area contributed by atoms with Gasteiger partial charge in [0.05, 0.1) is 5.76 Å². The Kier molecular flexibility index (Phi) is 5.39. The lowest BCUT2D eigenvalue weighted by Crippen LogP contribution is -1.85. The van der Waals surface area contributed by atoms with Gasteiger partial charge >= 0.3 is 0 Å². The number of hydrogen-bond donors (Lipinski definition) is 1. The van der Waals surface area contributed by atoms with Gasteiger partial charge in [0, 0.05) is 6.42 Å². The van der Waals surface area contributed by atoms with Gasteiger partial charge in [0.15, 0.2) is 0 Å². The van der Waals surface area contributed by atoms with Gasteiger partial charge < -0.3 is 5.11 Å². The zero-order valence-corrected chi connectivity index (χ0v) is 8.34. The fraction of sp³-hybridized carbons (Fsp3) is 0.667. The zero-order valence-electron chi connectivity index (χ0n) is 8.34. The summed E-state index contributed by atoms with van der Waals surface area (Å²) in [5.41, 5.74) is 0. The Balaban J connectivity index is 2.34. The van der Waals surface area contributed by atoms with Crippen LogP contribution in [0.5, 0.6) is 0 Å². The first-order valence-corrected chi connectivity index (χ1v) is 5.44. The number of allylic oxidation sites excluding steroid dienone is 4. The second-order valence-corrected chi connectivity index (χ2v) is 3.75. The Morgan fingerprint density at radius 1 is 0.923 bits per heavy atom. The molecule has 0 radical (unpaired) electrons. The molecule has 13 heavy (non-hydrogen) atoms. The smallest absolute Gasteiger partial charge is 0.0922 e. The molecule has 0 bridgehead atoms. The first-order valence-electron chi connectivity index (χ1n) is 5.44. The minimum atomic E-state index is 0.539. The zero-order chi connectivity index (χ0) is 9.36. The Morgan fingerprint density at radius 3 is 2.46 bits per heavy atom. The molecule has 1 aliphatic carbocycles. The highest BCUT2D eigenvalue weighted by atomic mass is 16.3. The standard InChI is InChI=1S/C12H20O/c13-12-10-8-6-4-2-1-3-5-7-9-11-12/h6,8,10,13H,1-5,7,9,11H2/b8-6+,12-10+. The molecule has 0 heterocycles.